The maximum absolute atomic E-state index is 12.4. The SMILES string of the molecule is COc1ccc(CNC(=O)c2nc(-c3ccccn3)[nH]c(=O)c2O)cc1. The van der Waals surface area contributed by atoms with Gasteiger partial charge in [-0.15, -0.1) is 0 Å². The molecule has 0 unspecified atom stereocenters. The van der Waals surface area contributed by atoms with Gasteiger partial charge in [0.1, 0.15) is 11.4 Å². The van der Waals surface area contributed by atoms with Crippen LogP contribution < -0.4 is 15.6 Å². The van der Waals surface area contributed by atoms with E-state index in [1.165, 1.54) is 6.20 Å². The highest BCUT2D eigenvalue weighted by molar-refractivity contribution is 5.95. The van der Waals surface area contributed by atoms with E-state index in [1.54, 1.807) is 49.6 Å². The van der Waals surface area contributed by atoms with Crippen LogP contribution in [0.25, 0.3) is 11.5 Å². The lowest BCUT2D eigenvalue weighted by atomic mass is 10.2. The summed E-state index contributed by atoms with van der Waals surface area (Å²) in [5.74, 6) is -0.601. The van der Waals surface area contributed by atoms with Crippen molar-refractivity contribution in [3.63, 3.8) is 0 Å². The maximum atomic E-state index is 12.4. The number of ether oxygens (including phenoxy) is 1. The third-order valence-corrected chi connectivity index (χ3v) is 3.63. The Morgan fingerprint density at radius 2 is 2.00 bits per heavy atom. The molecule has 0 aliphatic heterocycles. The molecule has 0 radical (unpaired) electrons. The molecule has 1 amide bonds. The van der Waals surface area contributed by atoms with Crippen LogP contribution >= 0.6 is 0 Å². The number of carbonyl (C=O) groups excluding carboxylic acids is 1. The Kier molecular flexibility index (Phi) is 4.93. The van der Waals surface area contributed by atoms with Crippen LogP contribution in [0.15, 0.2) is 53.5 Å². The maximum Gasteiger partial charge on any atom is 0.294 e. The van der Waals surface area contributed by atoms with Crippen LogP contribution in [0, 0.1) is 0 Å². The summed E-state index contributed by atoms with van der Waals surface area (Å²) in [6, 6.07) is 12.2. The second-order valence-electron chi connectivity index (χ2n) is 5.36. The van der Waals surface area contributed by atoms with Crippen LogP contribution in [0.3, 0.4) is 0 Å². The normalized spacial score (nSPS) is 10.3. The lowest BCUT2D eigenvalue weighted by molar-refractivity contribution is 0.0942. The fourth-order valence-electron chi connectivity index (χ4n) is 2.26. The first-order chi connectivity index (χ1) is 12.6. The highest BCUT2D eigenvalue weighted by Gasteiger charge is 2.18. The second kappa shape index (κ2) is 7.47. The Bertz CT molecular complexity index is 969. The molecular formula is C18H16N4O4. The number of aromatic hydroxyl groups is 1. The summed E-state index contributed by atoms with van der Waals surface area (Å²) in [6.45, 7) is 0.204. The summed E-state index contributed by atoms with van der Waals surface area (Å²) in [7, 11) is 1.57. The van der Waals surface area contributed by atoms with Gasteiger partial charge in [0.2, 0.25) is 5.75 Å². The van der Waals surface area contributed by atoms with Crippen molar-refractivity contribution in [2.45, 2.75) is 6.54 Å². The fourth-order valence-corrected chi connectivity index (χ4v) is 2.26. The van der Waals surface area contributed by atoms with Crippen molar-refractivity contribution in [2.75, 3.05) is 7.11 Å². The zero-order chi connectivity index (χ0) is 18.5. The first-order valence-electron chi connectivity index (χ1n) is 7.74. The van der Waals surface area contributed by atoms with Crippen LogP contribution in [0.1, 0.15) is 16.1 Å². The summed E-state index contributed by atoms with van der Waals surface area (Å²) in [5, 5.41) is 12.5. The van der Waals surface area contributed by atoms with Gasteiger partial charge in [0.05, 0.1) is 7.11 Å². The number of hydrogen-bond acceptors (Lipinski definition) is 6. The Morgan fingerprint density at radius 1 is 1.23 bits per heavy atom. The van der Waals surface area contributed by atoms with Crippen LogP contribution in [0.4, 0.5) is 0 Å². The summed E-state index contributed by atoms with van der Waals surface area (Å²) in [4.78, 5) is 34.8. The Hall–Kier alpha value is -3.68. The summed E-state index contributed by atoms with van der Waals surface area (Å²) < 4.78 is 5.07. The van der Waals surface area contributed by atoms with E-state index in [9.17, 15) is 14.7 Å². The zero-order valence-electron chi connectivity index (χ0n) is 13.9. The molecule has 0 atom stereocenters. The topological polar surface area (TPSA) is 117 Å². The molecule has 0 fully saturated rings. The van der Waals surface area contributed by atoms with Gasteiger partial charge in [-0.2, -0.15) is 0 Å². The third kappa shape index (κ3) is 3.69. The van der Waals surface area contributed by atoms with Crippen molar-refractivity contribution < 1.29 is 14.6 Å². The average Bonchev–Trinajstić information content (AvgIpc) is 2.69. The molecule has 0 aliphatic carbocycles. The van der Waals surface area contributed by atoms with Crippen LogP contribution in [-0.4, -0.2) is 33.1 Å². The number of rotatable bonds is 5. The molecule has 2 aromatic heterocycles. The van der Waals surface area contributed by atoms with Gasteiger partial charge in [-0.1, -0.05) is 18.2 Å². The summed E-state index contributed by atoms with van der Waals surface area (Å²) in [6.07, 6.45) is 1.53. The zero-order valence-corrected chi connectivity index (χ0v) is 13.9. The van der Waals surface area contributed by atoms with E-state index in [0.29, 0.717) is 11.4 Å². The molecule has 0 aliphatic rings. The molecule has 3 aromatic rings. The van der Waals surface area contributed by atoms with Gasteiger partial charge < -0.3 is 20.1 Å². The van der Waals surface area contributed by atoms with Crippen LogP contribution in [0.2, 0.25) is 0 Å². The molecule has 3 rings (SSSR count). The largest absolute Gasteiger partial charge is 0.501 e. The highest BCUT2D eigenvalue weighted by atomic mass is 16.5. The molecule has 3 N–H and O–H groups in total. The number of methoxy groups -OCH3 is 1. The number of nitrogens with one attached hydrogen (secondary N) is 2. The third-order valence-electron chi connectivity index (χ3n) is 3.63. The predicted octanol–water partition coefficient (Wildman–Crippen LogP) is 1.48. The van der Waals surface area contributed by atoms with Crippen LogP contribution in [-0.2, 0) is 6.54 Å². The van der Waals surface area contributed by atoms with E-state index >= 15 is 0 Å². The average molecular weight is 352 g/mol. The molecule has 0 saturated heterocycles. The van der Waals surface area contributed by atoms with Crippen molar-refractivity contribution in [3.8, 4) is 23.0 Å². The Morgan fingerprint density at radius 3 is 2.65 bits per heavy atom. The van der Waals surface area contributed by atoms with Crippen LogP contribution in [0.5, 0.6) is 11.5 Å². The van der Waals surface area contributed by atoms with Gasteiger partial charge >= 0.3 is 0 Å². The molecule has 0 saturated carbocycles. The van der Waals surface area contributed by atoms with Crippen molar-refractivity contribution in [1.29, 1.82) is 0 Å². The lowest BCUT2D eigenvalue weighted by Gasteiger charge is -2.08. The van der Waals surface area contributed by atoms with E-state index in [2.05, 4.69) is 20.3 Å². The number of pyridine rings is 1. The fraction of sp³-hybridized carbons (Fsp3) is 0.111. The summed E-state index contributed by atoms with van der Waals surface area (Å²) >= 11 is 0. The molecule has 8 heteroatoms. The first-order valence-corrected chi connectivity index (χ1v) is 7.74. The molecule has 1 aromatic carbocycles. The molecular weight excluding hydrogens is 336 g/mol. The number of nitrogens with zero attached hydrogens (tertiary/aromatic N) is 2. The standard InChI is InChI=1S/C18H16N4O4/c1-26-12-7-5-11(6-8-12)10-20-17(24)14-15(23)18(25)22-16(21-14)13-4-2-3-9-19-13/h2-9,23H,10H2,1H3,(H,20,24)(H,21,22,25). The van der Waals surface area contributed by atoms with Gasteiger partial charge in [-0.25, -0.2) is 4.98 Å². The van der Waals surface area contributed by atoms with Gasteiger partial charge in [0, 0.05) is 12.7 Å². The number of hydrogen-bond donors (Lipinski definition) is 3. The number of H-pyrrole nitrogens is 1. The number of benzene rings is 1. The van der Waals surface area contributed by atoms with Gasteiger partial charge in [-0.3, -0.25) is 14.6 Å². The van der Waals surface area contributed by atoms with Gasteiger partial charge in [0.25, 0.3) is 11.5 Å². The first kappa shape index (κ1) is 17.2. The van der Waals surface area contributed by atoms with Crippen molar-refractivity contribution >= 4 is 5.91 Å². The number of aromatic amines is 1. The quantitative estimate of drug-likeness (QED) is 0.640. The molecule has 2 heterocycles. The minimum atomic E-state index is -0.810. The molecule has 0 spiro atoms. The molecule has 8 nitrogen and oxygen atoms in total. The molecule has 26 heavy (non-hydrogen) atoms. The Labute approximate surface area is 148 Å². The molecule has 132 valence electrons. The van der Waals surface area contributed by atoms with E-state index in [4.69, 9.17) is 4.74 Å². The summed E-state index contributed by atoms with van der Waals surface area (Å²) in [5.41, 5.74) is 0.0420. The smallest absolute Gasteiger partial charge is 0.294 e. The van der Waals surface area contributed by atoms with E-state index < -0.39 is 17.2 Å². The number of carbonyl (C=O) groups is 1. The van der Waals surface area contributed by atoms with E-state index in [-0.39, 0.29) is 18.1 Å². The number of aromatic nitrogens is 3. The van der Waals surface area contributed by atoms with Gasteiger partial charge in [-0.05, 0) is 29.8 Å². The highest BCUT2D eigenvalue weighted by Crippen LogP contribution is 2.15. The predicted molar refractivity (Wildman–Crippen MR) is 93.9 cm³/mol. The molecule has 0 bridgehead atoms. The van der Waals surface area contributed by atoms with E-state index in [0.717, 1.165) is 5.56 Å². The van der Waals surface area contributed by atoms with Crippen molar-refractivity contribution in [3.05, 3.63) is 70.3 Å². The van der Waals surface area contributed by atoms with E-state index in [1.807, 2.05) is 0 Å². The Balaban J connectivity index is 1.82. The number of amides is 1. The minimum Gasteiger partial charge on any atom is -0.501 e. The van der Waals surface area contributed by atoms with Crippen molar-refractivity contribution in [2.24, 2.45) is 0 Å². The monoisotopic (exact) mass is 352 g/mol. The second-order valence-corrected chi connectivity index (χ2v) is 5.36. The van der Waals surface area contributed by atoms with Gasteiger partial charge in [0.15, 0.2) is 11.5 Å². The minimum absolute atomic E-state index is 0.1000. The van der Waals surface area contributed by atoms with Crippen molar-refractivity contribution in [1.82, 2.24) is 20.3 Å². The lowest BCUT2D eigenvalue weighted by Crippen LogP contribution is -2.26.